The average molecular weight is 791 g/mol. The van der Waals surface area contributed by atoms with Crippen LogP contribution < -0.4 is 49.1 Å². The first-order chi connectivity index (χ1) is 26.4. The number of carboxylic acids is 2. The Morgan fingerprint density at radius 1 is 0.804 bits per heavy atom. The van der Waals surface area contributed by atoms with Crippen LogP contribution in [-0.4, -0.2) is 118 Å². The molecule has 0 spiro atoms. The average Bonchev–Trinajstić information content (AvgIpc) is 3.57. The summed E-state index contributed by atoms with van der Waals surface area (Å²) in [7, 11) is 0. The number of carbonyl (C=O) groups excluding carboxylic acids is 6. The molecule has 21 heteroatoms. The lowest BCUT2D eigenvalue weighted by atomic mass is 10.0. The standard InChI is InChI=1S/C35H54N10O11/c1-18(2)28(33(54)44-25(34(55)56)16-19-8-10-20(46)11-9-19)45-32(53)24(17-27(48)49)43-30(51)21(6-3-4-14-36)41-29(50)22(7-5-15-39-35(37)38)42-31(52)23-12-13-26(47)40-23/h8-11,18,21-25,28,46H,3-7,12-17,36H2,1-2H3,(H,40,47)(H,41,50)(H,42,52)(H,43,51)(H,44,54)(H,45,53)(H,48,49)(H,55,56)(H4,37,38,39). The van der Waals surface area contributed by atoms with Gasteiger partial charge in [-0.05, 0) is 68.7 Å². The minimum absolute atomic E-state index is 0.00182. The van der Waals surface area contributed by atoms with Crippen LogP contribution >= 0.6 is 0 Å². The van der Waals surface area contributed by atoms with Crippen LogP contribution in [0.15, 0.2) is 29.3 Å². The molecule has 1 aliphatic heterocycles. The van der Waals surface area contributed by atoms with Crippen LogP contribution in [0.5, 0.6) is 5.75 Å². The monoisotopic (exact) mass is 790 g/mol. The van der Waals surface area contributed by atoms with Crippen LogP contribution in [0.1, 0.15) is 70.8 Å². The van der Waals surface area contributed by atoms with Gasteiger partial charge in [-0.25, -0.2) is 4.79 Å². The maximum atomic E-state index is 13.7. The maximum absolute atomic E-state index is 13.7. The molecule has 1 aliphatic rings. The number of nitrogens with two attached hydrogens (primary N) is 3. The smallest absolute Gasteiger partial charge is 0.326 e. The number of carboxylic acid groups (broad SMARTS) is 2. The van der Waals surface area contributed by atoms with Crippen molar-refractivity contribution in [3.8, 4) is 5.75 Å². The summed E-state index contributed by atoms with van der Waals surface area (Å²) in [5.41, 5.74) is 16.9. The van der Waals surface area contributed by atoms with Crippen molar-refractivity contribution in [2.24, 2.45) is 28.1 Å². The normalized spacial score (nSPS) is 16.2. The van der Waals surface area contributed by atoms with Crippen LogP contribution in [0.3, 0.4) is 0 Å². The molecule has 1 aromatic rings. The Bertz CT molecular complexity index is 1580. The van der Waals surface area contributed by atoms with Crippen LogP contribution in [-0.2, 0) is 44.8 Å². The van der Waals surface area contributed by atoms with Crippen LogP contribution in [0.2, 0.25) is 0 Å². The molecule has 0 saturated carbocycles. The van der Waals surface area contributed by atoms with Gasteiger partial charge < -0.3 is 64.4 Å². The van der Waals surface area contributed by atoms with Gasteiger partial charge in [-0.3, -0.25) is 38.6 Å². The number of rotatable bonds is 24. The Labute approximate surface area is 323 Å². The van der Waals surface area contributed by atoms with Gasteiger partial charge in [0.1, 0.15) is 42.0 Å². The summed E-state index contributed by atoms with van der Waals surface area (Å²) in [6.07, 6.45) is 0.260. The number of unbranched alkanes of at least 4 members (excludes halogenated alkanes) is 1. The second-order valence-electron chi connectivity index (χ2n) is 13.7. The Balaban J connectivity index is 2.26. The van der Waals surface area contributed by atoms with E-state index in [2.05, 4.69) is 36.9 Å². The first-order valence-corrected chi connectivity index (χ1v) is 18.2. The van der Waals surface area contributed by atoms with Crippen LogP contribution in [0.25, 0.3) is 0 Å². The Hall–Kier alpha value is -5.99. The second-order valence-corrected chi connectivity index (χ2v) is 13.7. The number of hydrogen-bond acceptors (Lipinski definition) is 11. The minimum atomic E-state index is -1.75. The zero-order valence-corrected chi connectivity index (χ0v) is 31.4. The van der Waals surface area contributed by atoms with Gasteiger partial charge in [0, 0.05) is 19.4 Å². The predicted molar refractivity (Wildman–Crippen MR) is 200 cm³/mol. The number of aliphatic carboxylic acids is 2. The van der Waals surface area contributed by atoms with Crippen molar-refractivity contribution in [1.82, 2.24) is 31.9 Å². The summed E-state index contributed by atoms with van der Waals surface area (Å²) in [6.45, 7) is 3.47. The molecule has 0 aliphatic carbocycles. The van der Waals surface area contributed by atoms with E-state index < -0.39 is 90.1 Å². The first kappa shape index (κ1) is 46.2. The molecular weight excluding hydrogens is 736 g/mol. The number of benzene rings is 1. The highest BCUT2D eigenvalue weighted by atomic mass is 16.4. The molecule has 0 aromatic heterocycles. The molecule has 1 aromatic carbocycles. The second kappa shape index (κ2) is 23.0. The number of amides is 6. The molecule has 56 heavy (non-hydrogen) atoms. The van der Waals surface area contributed by atoms with Gasteiger partial charge in [0.2, 0.25) is 35.4 Å². The summed E-state index contributed by atoms with van der Waals surface area (Å²) < 4.78 is 0. The van der Waals surface area contributed by atoms with Crippen molar-refractivity contribution in [2.75, 3.05) is 13.1 Å². The Morgan fingerprint density at radius 2 is 1.38 bits per heavy atom. The quantitative estimate of drug-likeness (QED) is 0.0283. The van der Waals surface area contributed by atoms with Gasteiger partial charge in [0.05, 0.1) is 6.42 Å². The highest BCUT2D eigenvalue weighted by Crippen LogP contribution is 2.13. The molecule has 1 saturated heterocycles. The lowest BCUT2D eigenvalue weighted by Gasteiger charge is -2.28. The molecule has 1 heterocycles. The summed E-state index contributed by atoms with van der Waals surface area (Å²) in [4.78, 5) is 107. The van der Waals surface area contributed by atoms with E-state index in [1.165, 1.54) is 24.3 Å². The van der Waals surface area contributed by atoms with Gasteiger partial charge in [0.15, 0.2) is 5.96 Å². The third-order valence-electron chi connectivity index (χ3n) is 8.72. The van der Waals surface area contributed by atoms with Crippen molar-refractivity contribution in [3.05, 3.63) is 29.8 Å². The number of aromatic hydroxyl groups is 1. The van der Waals surface area contributed by atoms with Gasteiger partial charge >= 0.3 is 11.9 Å². The zero-order chi connectivity index (χ0) is 41.9. The molecule has 310 valence electrons. The summed E-state index contributed by atoms with van der Waals surface area (Å²) >= 11 is 0. The van der Waals surface area contributed by atoms with Crippen molar-refractivity contribution in [2.45, 2.75) is 108 Å². The molecule has 1 fully saturated rings. The fraction of sp³-hybridized carbons (Fsp3) is 0.571. The molecule has 15 N–H and O–H groups in total. The summed E-state index contributed by atoms with van der Waals surface area (Å²) in [5.74, 6) is -8.38. The largest absolute Gasteiger partial charge is 0.508 e. The molecule has 6 amide bonds. The van der Waals surface area contributed by atoms with Crippen molar-refractivity contribution in [1.29, 1.82) is 0 Å². The van der Waals surface area contributed by atoms with Gasteiger partial charge in [-0.15, -0.1) is 0 Å². The predicted octanol–water partition coefficient (Wildman–Crippen LogP) is -2.96. The lowest BCUT2D eigenvalue weighted by Crippen LogP contribution is -2.60. The molecule has 6 unspecified atom stereocenters. The number of nitrogens with one attached hydrogen (secondary N) is 6. The van der Waals surface area contributed by atoms with E-state index in [0.29, 0.717) is 18.4 Å². The molecule has 6 atom stereocenters. The number of hydrogen-bond donors (Lipinski definition) is 12. The number of guanidine groups is 1. The van der Waals surface area contributed by atoms with Crippen LogP contribution in [0, 0.1) is 5.92 Å². The molecular formula is C35H54N10O11. The number of carbonyl (C=O) groups is 8. The van der Waals surface area contributed by atoms with Crippen LogP contribution in [0.4, 0.5) is 0 Å². The SMILES string of the molecule is CC(C)C(NC(=O)C(CC(=O)O)NC(=O)C(CCCCN)NC(=O)C(CCCN=C(N)N)NC(=O)C1CCC(=O)N1)C(=O)NC(Cc1ccc(O)cc1)C(=O)O. The van der Waals surface area contributed by atoms with E-state index in [9.17, 15) is 53.7 Å². The molecule has 0 radical (unpaired) electrons. The first-order valence-electron chi connectivity index (χ1n) is 18.2. The van der Waals surface area contributed by atoms with Gasteiger partial charge in [-0.1, -0.05) is 26.0 Å². The molecule has 21 nitrogen and oxygen atoms in total. The number of phenolic OH excluding ortho intramolecular Hbond substituents is 1. The van der Waals surface area contributed by atoms with E-state index in [4.69, 9.17) is 17.2 Å². The maximum Gasteiger partial charge on any atom is 0.326 e. The lowest BCUT2D eigenvalue weighted by molar-refractivity contribution is -0.143. The number of aliphatic imine (C=N–C) groups is 1. The molecule has 2 rings (SSSR count). The fourth-order valence-electron chi connectivity index (χ4n) is 5.66. The highest BCUT2D eigenvalue weighted by Gasteiger charge is 2.35. The number of phenols is 1. The van der Waals surface area contributed by atoms with E-state index in [1.54, 1.807) is 13.8 Å². The third-order valence-corrected chi connectivity index (χ3v) is 8.72. The van der Waals surface area contributed by atoms with E-state index >= 15 is 0 Å². The third kappa shape index (κ3) is 16.2. The minimum Gasteiger partial charge on any atom is -0.508 e. The van der Waals surface area contributed by atoms with E-state index in [1.807, 2.05) is 0 Å². The van der Waals surface area contributed by atoms with E-state index in [0.717, 1.165) is 0 Å². The van der Waals surface area contributed by atoms with Crippen molar-refractivity contribution in [3.63, 3.8) is 0 Å². The van der Waals surface area contributed by atoms with Gasteiger partial charge in [-0.2, -0.15) is 0 Å². The zero-order valence-electron chi connectivity index (χ0n) is 31.4. The van der Waals surface area contributed by atoms with E-state index in [-0.39, 0.29) is 69.2 Å². The summed E-state index contributed by atoms with van der Waals surface area (Å²) in [6, 6.07) is -2.33. The summed E-state index contributed by atoms with van der Waals surface area (Å²) in [5, 5.41) is 43.7. The topological polar surface area (TPSA) is 360 Å². The fourth-order valence-corrected chi connectivity index (χ4v) is 5.66. The van der Waals surface area contributed by atoms with Crippen molar-refractivity contribution >= 4 is 53.3 Å². The highest BCUT2D eigenvalue weighted by molar-refractivity contribution is 5.98. The van der Waals surface area contributed by atoms with Crippen molar-refractivity contribution < 1.29 is 53.7 Å². The Kier molecular flexibility index (Phi) is 19.0. The number of nitrogens with zero attached hydrogens (tertiary/aromatic N) is 1. The Morgan fingerprint density at radius 3 is 1.91 bits per heavy atom. The van der Waals surface area contributed by atoms with Gasteiger partial charge in [0.25, 0.3) is 0 Å². The molecule has 0 bridgehead atoms.